The molecule has 1 unspecified atom stereocenters. The quantitative estimate of drug-likeness (QED) is 0.474. The Labute approximate surface area is 192 Å². The van der Waals surface area contributed by atoms with E-state index in [1.54, 1.807) is 34.9 Å². The lowest BCUT2D eigenvalue weighted by Crippen LogP contribution is -2.39. The maximum Gasteiger partial charge on any atom is 0.323 e. The molecule has 0 aliphatic heterocycles. The van der Waals surface area contributed by atoms with Gasteiger partial charge in [-0.1, -0.05) is 28.1 Å². The summed E-state index contributed by atoms with van der Waals surface area (Å²) in [5.74, 6) is -1.64. The first kappa shape index (κ1) is 22.2. The molecule has 8 heteroatoms. The number of carbonyl (C=O) groups excluding carboxylic acids is 2. The number of carboxylic acids is 1. The van der Waals surface area contributed by atoms with Crippen LogP contribution in [0.5, 0.6) is 0 Å². The van der Waals surface area contributed by atoms with E-state index in [-0.39, 0.29) is 42.9 Å². The van der Waals surface area contributed by atoms with E-state index in [0.717, 1.165) is 15.7 Å². The average Bonchev–Trinajstić information content (AvgIpc) is 3.04. The zero-order chi connectivity index (χ0) is 22.8. The molecule has 2 N–H and O–H groups in total. The highest BCUT2D eigenvalue weighted by atomic mass is 79.9. The number of hydrogen-bond acceptors (Lipinski definition) is 3. The van der Waals surface area contributed by atoms with Gasteiger partial charge in [-0.15, -0.1) is 0 Å². The molecule has 0 fully saturated rings. The van der Waals surface area contributed by atoms with Crippen LogP contribution in [0.2, 0.25) is 0 Å². The maximum absolute atomic E-state index is 13.9. The van der Waals surface area contributed by atoms with Crippen molar-refractivity contribution < 1.29 is 23.9 Å². The Kier molecular flexibility index (Phi) is 6.41. The third-order valence-corrected chi connectivity index (χ3v) is 6.36. The first-order chi connectivity index (χ1) is 15.3. The number of carbonyl (C=O) groups is 3. The van der Waals surface area contributed by atoms with Gasteiger partial charge in [0.2, 0.25) is 5.91 Å². The van der Waals surface area contributed by atoms with Crippen molar-refractivity contribution in [1.82, 2.24) is 9.88 Å². The summed E-state index contributed by atoms with van der Waals surface area (Å²) < 4.78 is 16.5. The van der Waals surface area contributed by atoms with Gasteiger partial charge in [-0.2, -0.15) is 0 Å². The first-order valence-corrected chi connectivity index (χ1v) is 11.2. The van der Waals surface area contributed by atoms with E-state index < -0.39 is 5.97 Å². The molecule has 0 saturated heterocycles. The molecule has 0 radical (unpaired) electrons. The molecule has 1 aliphatic rings. The minimum absolute atomic E-state index is 0.0909. The van der Waals surface area contributed by atoms with E-state index in [9.17, 15) is 23.9 Å². The number of rotatable bonds is 7. The van der Waals surface area contributed by atoms with Gasteiger partial charge in [-0.3, -0.25) is 14.4 Å². The summed E-state index contributed by atoms with van der Waals surface area (Å²) in [6, 6.07) is 11.2. The molecule has 0 spiro atoms. The van der Waals surface area contributed by atoms with E-state index in [1.807, 2.05) is 0 Å². The molecule has 1 aromatic heterocycles. The van der Waals surface area contributed by atoms with E-state index >= 15 is 0 Å². The van der Waals surface area contributed by atoms with E-state index in [2.05, 4.69) is 21.2 Å². The SMILES string of the molecule is O=C(O)Cn1c2c(c3cc(F)ccc31)CC(NC(=O)CCC(=O)c1ccc(Br)cc1)CC2. The molecule has 0 bridgehead atoms. The van der Waals surface area contributed by atoms with Crippen LogP contribution in [0.25, 0.3) is 10.9 Å². The van der Waals surface area contributed by atoms with E-state index in [0.29, 0.717) is 35.7 Å². The van der Waals surface area contributed by atoms with Crippen molar-refractivity contribution >= 4 is 44.5 Å². The highest BCUT2D eigenvalue weighted by Gasteiger charge is 2.27. The Morgan fingerprint density at radius 3 is 2.59 bits per heavy atom. The Morgan fingerprint density at radius 2 is 1.88 bits per heavy atom. The Hall–Kier alpha value is -3.00. The van der Waals surface area contributed by atoms with Crippen LogP contribution in [-0.2, 0) is 29.0 Å². The van der Waals surface area contributed by atoms with Crippen LogP contribution in [0.15, 0.2) is 46.9 Å². The molecule has 166 valence electrons. The second kappa shape index (κ2) is 9.24. The zero-order valence-electron chi connectivity index (χ0n) is 17.2. The predicted octanol–water partition coefficient (Wildman–Crippen LogP) is 4.26. The molecule has 4 rings (SSSR count). The summed E-state index contributed by atoms with van der Waals surface area (Å²) in [6.45, 7) is -0.188. The number of benzene rings is 2. The summed E-state index contributed by atoms with van der Waals surface area (Å²) in [4.78, 5) is 36.1. The number of fused-ring (bicyclic) bond motifs is 3. The van der Waals surface area contributed by atoms with Gasteiger partial charge in [0.15, 0.2) is 5.78 Å². The van der Waals surface area contributed by atoms with Gasteiger partial charge in [-0.05, 0) is 55.2 Å². The van der Waals surface area contributed by atoms with Gasteiger partial charge in [0.25, 0.3) is 0 Å². The monoisotopic (exact) mass is 500 g/mol. The number of halogens is 2. The molecule has 2 aromatic carbocycles. The van der Waals surface area contributed by atoms with Crippen LogP contribution >= 0.6 is 15.9 Å². The van der Waals surface area contributed by atoms with Crippen molar-refractivity contribution in [2.45, 2.75) is 44.7 Å². The molecular formula is C24H22BrFN2O4. The number of nitrogens with one attached hydrogen (secondary N) is 1. The number of nitrogens with zero attached hydrogens (tertiary/aromatic N) is 1. The Balaban J connectivity index is 1.44. The van der Waals surface area contributed by atoms with Gasteiger partial charge < -0.3 is 15.0 Å². The molecule has 1 aliphatic carbocycles. The molecule has 1 heterocycles. The van der Waals surface area contributed by atoms with Crippen molar-refractivity contribution in [3.63, 3.8) is 0 Å². The summed E-state index contributed by atoms with van der Waals surface area (Å²) in [7, 11) is 0. The van der Waals surface area contributed by atoms with Gasteiger partial charge >= 0.3 is 5.97 Å². The summed E-state index contributed by atoms with van der Waals surface area (Å²) >= 11 is 3.33. The number of Topliss-reactive ketones (excluding diaryl/α,β-unsaturated/α-hetero) is 1. The van der Waals surface area contributed by atoms with Gasteiger partial charge in [0.05, 0.1) is 0 Å². The zero-order valence-corrected chi connectivity index (χ0v) is 18.8. The molecule has 6 nitrogen and oxygen atoms in total. The summed E-state index contributed by atoms with van der Waals surface area (Å²) in [5.41, 5.74) is 3.01. The first-order valence-electron chi connectivity index (χ1n) is 10.4. The fourth-order valence-electron chi connectivity index (χ4n) is 4.37. The summed E-state index contributed by atoms with van der Waals surface area (Å²) in [5, 5.41) is 13.0. The van der Waals surface area contributed by atoms with E-state index in [4.69, 9.17) is 0 Å². The fraction of sp³-hybridized carbons (Fsp3) is 0.292. The van der Waals surface area contributed by atoms with Crippen molar-refractivity contribution in [2.24, 2.45) is 0 Å². The standard InChI is InChI=1S/C24H22BrFN2O4/c25-15-3-1-14(2-4-15)22(29)9-10-23(30)27-17-6-8-21-19(12-17)18-11-16(26)5-7-20(18)28(21)13-24(31)32/h1-5,7,11,17H,6,8-10,12-13H2,(H,27,30)(H,31,32). The van der Waals surface area contributed by atoms with Crippen LogP contribution in [0.4, 0.5) is 4.39 Å². The molecule has 32 heavy (non-hydrogen) atoms. The number of hydrogen-bond donors (Lipinski definition) is 2. The van der Waals surface area contributed by atoms with Crippen LogP contribution < -0.4 is 5.32 Å². The largest absolute Gasteiger partial charge is 0.480 e. The molecular weight excluding hydrogens is 479 g/mol. The normalized spacial score (nSPS) is 15.4. The van der Waals surface area contributed by atoms with Gasteiger partial charge in [-0.25, -0.2) is 4.39 Å². The van der Waals surface area contributed by atoms with Crippen LogP contribution in [-0.4, -0.2) is 33.4 Å². The molecule has 0 saturated carbocycles. The molecule has 1 atom stereocenters. The van der Waals surface area contributed by atoms with Gasteiger partial charge in [0.1, 0.15) is 12.4 Å². The van der Waals surface area contributed by atoms with Crippen LogP contribution in [0, 0.1) is 5.82 Å². The number of aliphatic carboxylic acids is 1. The third-order valence-electron chi connectivity index (χ3n) is 5.83. The summed E-state index contributed by atoms with van der Waals surface area (Å²) in [6.07, 6.45) is 1.94. The minimum atomic E-state index is -0.958. The lowest BCUT2D eigenvalue weighted by molar-refractivity contribution is -0.137. The third kappa shape index (κ3) is 4.75. The topological polar surface area (TPSA) is 88.4 Å². The Bertz CT molecular complexity index is 1200. The van der Waals surface area contributed by atoms with Crippen LogP contribution in [0.3, 0.4) is 0 Å². The maximum atomic E-state index is 13.9. The molecule has 3 aromatic rings. The van der Waals surface area contributed by atoms with E-state index in [1.165, 1.54) is 12.1 Å². The number of carboxylic acid groups (broad SMARTS) is 1. The smallest absolute Gasteiger partial charge is 0.323 e. The fourth-order valence-corrected chi connectivity index (χ4v) is 4.63. The van der Waals surface area contributed by atoms with Crippen molar-refractivity contribution in [2.75, 3.05) is 0 Å². The van der Waals surface area contributed by atoms with Crippen molar-refractivity contribution in [1.29, 1.82) is 0 Å². The highest BCUT2D eigenvalue weighted by molar-refractivity contribution is 9.10. The van der Waals surface area contributed by atoms with Crippen molar-refractivity contribution in [3.8, 4) is 0 Å². The predicted molar refractivity (Wildman–Crippen MR) is 121 cm³/mol. The lowest BCUT2D eigenvalue weighted by atomic mass is 9.91. The van der Waals surface area contributed by atoms with Gasteiger partial charge in [0, 0.05) is 45.5 Å². The second-order valence-electron chi connectivity index (χ2n) is 8.00. The highest BCUT2D eigenvalue weighted by Crippen LogP contribution is 2.33. The Morgan fingerprint density at radius 1 is 1.12 bits per heavy atom. The number of aromatic nitrogens is 1. The molecule has 1 amide bonds. The minimum Gasteiger partial charge on any atom is -0.480 e. The average molecular weight is 501 g/mol. The number of ketones is 1. The van der Waals surface area contributed by atoms with Crippen LogP contribution in [0.1, 0.15) is 40.9 Å². The number of amides is 1. The second-order valence-corrected chi connectivity index (χ2v) is 8.92. The van der Waals surface area contributed by atoms with Crippen molar-refractivity contribution in [3.05, 3.63) is 69.6 Å². The lowest BCUT2D eigenvalue weighted by Gasteiger charge is -2.25.